The number of carbonyl (C=O) groups excluding carboxylic acids is 1. The van der Waals surface area contributed by atoms with Gasteiger partial charge in [0.05, 0.1) is 13.0 Å². The summed E-state index contributed by atoms with van der Waals surface area (Å²) in [6.45, 7) is 5.29. The van der Waals surface area contributed by atoms with Crippen molar-refractivity contribution in [3.8, 4) is 0 Å². The minimum absolute atomic E-state index is 0.0793. The second kappa shape index (κ2) is 5.14. The smallest absolute Gasteiger partial charge is 0.307 e. The molecule has 0 aromatic carbocycles. The first-order valence-corrected chi connectivity index (χ1v) is 4.52. The number of nitrogens with zero attached hydrogens (tertiary/aromatic N) is 1. The van der Waals surface area contributed by atoms with Crippen LogP contribution in [-0.4, -0.2) is 37.1 Å². The molecule has 3 nitrogen and oxygen atoms in total. The average Bonchev–Trinajstić information content (AvgIpc) is 2.53. The van der Waals surface area contributed by atoms with Crippen LogP contribution in [0.4, 0.5) is 0 Å². The van der Waals surface area contributed by atoms with Crippen LogP contribution >= 0.6 is 0 Å². The van der Waals surface area contributed by atoms with Gasteiger partial charge in [0, 0.05) is 13.1 Å². The molecule has 1 radical (unpaired) electrons. The normalized spacial score (nSPS) is 18.1. The van der Waals surface area contributed by atoms with Crippen molar-refractivity contribution in [2.45, 2.75) is 19.8 Å². The fourth-order valence-electron chi connectivity index (χ4n) is 1.32. The van der Waals surface area contributed by atoms with Gasteiger partial charge in [-0.3, -0.25) is 4.79 Å². The van der Waals surface area contributed by atoms with Gasteiger partial charge in [0.1, 0.15) is 0 Å². The van der Waals surface area contributed by atoms with Crippen LogP contribution in [0.1, 0.15) is 19.8 Å². The summed E-state index contributed by atoms with van der Waals surface area (Å²) in [6, 6.07) is 0. The van der Waals surface area contributed by atoms with E-state index in [1.807, 2.05) is 6.92 Å². The minimum Gasteiger partial charge on any atom is -0.466 e. The van der Waals surface area contributed by atoms with E-state index in [9.17, 15) is 4.79 Å². The molecule has 0 saturated carbocycles. The van der Waals surface area contributed by atoms with Gasteiger partial charge in [0.25, 0.3) is 0 Å². The first kappa shape index (κ1) is 9.52. The molecule has 1 rings (SSSR count). The lowest BCUT2D eigenvalue weighted by atomic mass is 10.4. The molecule has 1 aliphatic heterocycles. The lowest BCUT2D eigenvalue weighted by Gasteiger charge is -2.12. The lowest BCUT2D eigenvalue weighted by Crippen LogP contribution is -2.23. The van der Waals surface area contributed by atoms with Gasteiger partial charge >= 0.3 is 5.97 Å². The molecule has 1 fully saturated rings. The quantitative estimate of drug-likeness (QED) is 0.586. The van der Waals surface area contributed by atoms with Crippen LogP contribution in [0.15, 0.2) is 0 Å². The Morgan fingerprint density at radius 1 is 1.67 bits per heavy atom. The standard InChI is InChI=1S/C9H16NO2/c1-2-12-9(11)5-8-10-6-3-4-7-10/h3H,2,4-8H2,1H3. The maximum absolute atomic E-state index is 10.9. The second-order valence-corrected chi connectivity index (χ2v) is 2.93. The van der Waals surface area contributed by atoms with Crippen molar-refractivity contribution in [1.82, 2.24) is 4.90 Å². The molecule has 1 saturated heterocycles. The molecule has 0 spiro atoms. The first-order valence-electron chi connectivity index (χ1n) is 4.52. The largest absolute Gasteiger partial charge is 0.466 e. The van der Waals surface area contributed by atoms with Crippen molar-refractivity contribution in [1.29, 1.82) is 0 Å². The Morgan fingerprint density at radius 2 is 2.50 bits per heavy atom. The Bertz CT molecular complexity index is 141. The molecule has 0 amide bonds. The Labute approximate surface area is 73.7 Å². The summed E-state index contributed by atoms with van der Waals surface area (Å²) in [5.41, 5.74) is 0. The topological polar surface area (TPSA) is 29.5 Å². The summed E-state index contributed by atoms with van der Waals surface area (Å²) >= 11 is 0. The van der Waals surface area contributed by atoms with E-state index in [1.165, 1.54) is 0 Å². The van der Waals surface area contributed by atoms with Crippen LogP contribution in [0.2, 0.25) is 0 Å². The number of esters is 1. The Kier molecular flexibility index (Phi) is 4.08. The summed E-state index contributed by atoms with van der Waals surface area (Å²) in [5, 5.41) is 0. The molecule has 0 aromatic rings. The SMILES string of the molecule is CCOC(=O)CCN1C[CH]CC1. The second-order valence-electron chi connectivity index (χ2n) is 2.93. The molecule has 0 bridgehead atoms. The van der Waals surface area contributed by atoms with Gasteiger partial charge in [-0.15, -0.1) is 0 Å². The van der Waals surface area contributed by atoms with Crippen molar-refractivity contribution in [2.75, 3.05) is 26.2 Å². The van der Waals surface area contributed by atoms with Gasteiger partial charge in [-0.25, -0.2) is 0 Å². The van der Waals surface area contributed by atoms with Gasteiger partial charge in [-0.2, -0.15) is 0 Å². The predicted octanol–water partition coefficient (Wildman–Crippen LogP) is 0.850. The summed E-state index contributed by atoms with van der Waals surface area (Å²) in [4.78, 5) is 13.2. The number of rotatable bonds is 4. The summed E-state index contributed by atoms with van der Waals surface area (Å²) in [6.07, 6.45) is 3.93. The van der Waals surface area contributed by atoms with E-state index in [0.717, 1.165) is 26.1 Å². The highest BCUT2D eigenvalue weighted by Gasteiger charge is 2.12. The minimum atomic E-state index is -0.0793. The number of ether oxygens (including phenoxy) is 1. The van der Waals surface area contributed by atoms with Crippen molar-refractivity contribution < 1.29 is 9.53 Å². The third kappa shape index (κ3) is 3.22. The van der Waals surface area contributed by atoms with E-state index >= 15 is 0 Å². The molecule has 0 aromatic heterocycles. The molecule has 0 atom stereocenters. The maximum atomic E-state index is 10.9. The molecular weight excluding hydrogens is 154 g/mol. The molecule has 1 aliphatic rings. The zero-order chi connectivity index (χ0) is 8.81. The van der Waals surface area contributed by atoms with Crippen LogP contribution in [0.25, 0.3) is 0 Å². The first-order chi connectivity index (χ1) is 5.83. The molecule has 0 aliphatic carbocycles. The Morgan fingerprint density at radius 3 is 3.08 bits per heavy atom. The molecule has 69 valence electrons. The molecular formula is C9H16NO2. The van der Waals surface area contributed by atoms with Crippen LogP contribution in [0.5, 0.6) is 0 Å². The van der Waals surface area contributed by atoms with Crippen LogP contribution < -0.4 is 0 Å². The van der Waals surface area contributed by atoms with Gasteiger partial charge in [0.2, 0.25) is 0 Å². The van der Waals surface area contributed by atoms with E-state index in [1.54, 1.807) is 0 Å². The van der Waals surface area contributed by atoms with E-state index in [2.05, 4.69) is 11.3 Å². The molecule has 3 heteroatoms. The maximum Gasteiger partial charge on any atom is 0.307 e. The summed E-state index contributed by atoms with van der Waals surface area (Å²) in [7, 11) is 0. The van der Waals surface area contributed by atoms with E-state index < -0.39 is 0 Å². The van der Waals surface area contributed by atoms with E-state index in [0.29, 0.717) is 13.0 Å². The number of hydrogen-bond acceptors (Lipinski definition) is 3. The summed E-state index contributed by atoms with van der Waals surface area (Å²) in [5.74, 6) is -0.0793. The van der Waals surface area contributed by atoms with Crippen LogP contribution in [-0.2, 0) is 9.53 Å². The van der Waals surface area contributed by atoms with Crippen LogP contribution in [0.3, 0.4) is 0 Å². The fraction of sp³-hybridized carbons (Fsp3) is 0.778. The van der Waals surface area contributed by atoms with Crippen molar-refractivity contribution >= 4 is 5.97 Å². The van der Waals surface area contributed by atoms with Gasteiger partial charge < -0.3 is 9.64 Å². The Balaban J connectivity index is 2.03. The van der Waals surface area contributed by atoms with Crippen molar-refractivity contribution in [3.63, 3.8) is 0 Å². The van der Waals surface area contributed by atoms with E-state index in [4.69, 9.17) is 4.74 Å². The third-order valence-corrected chi connectivity index (χ3v) is 1.97. The summed E-state index contributed by atoms with van der Waals surface area (Å²) < 4.78 is 4.83. The van der Waals surface area contributed by atoms with Crippen molar-refractivity contribution in [2.24, 2.45) is 0 Å². The monoisotopic (exact) mass is 170 g/mol. The van der Waals surface area contributed by atoms with Crippen molar-refractivity contribution in [3.05, 3.63) is 6.42 Å². The van der Waals surface area contributed by atoms with Gasteiger partial charge in [0.15, 0.2) is 0 Å². The molecule has 1 heterocycles. The highest BCUT2D eigenvalue weighted by atomic mass is 16.5. The van der Waals surface area contributed by atoms with Gasteiger partial charge in [-0.1, -0.05) is 0 Å². The molecule has 0 N–H and O–H groups in total. The fourth-order valence-corrected chi connectivity index (χ4v) is 1.32. The van der Waals surface area contributed by atoms with E-state index in [-0.39, 0.29) is 5.97 Å². The Hall–Kier alpha value is -0.570. The highest BCUT2D eigenvalue weighted by molar-refractivity contribution is 5.69. The number of hydrogen-bond donors (Lipinski definition) is 0. The predicted molar refractivity (Wildman–Crippen MR) is 46.6 cm³/mol. The molecule has 12 heavy (non-hydrogen) atoms. The van der Waals surface area contributed by atoms with Gasteiger partial charge in [-0.05, 0) is 26.3 Å². The molecule has 0 unspecified atom stereocenters. The lowest BCUT2D eigenvalue weighted by molar-refractivity contribution is -0.143. The van der Waals surface area contributed by atoms with Crippen LogP contribution in [0, 0.1) is 6.42 Å². The zero-order valence-electron chi connectivity index (χ0n) is 7.58. The highest BCUT2D eigenvalue weighted by Crippen LogP contribution is 2.06. The zero-order valence-corrected chi connectivity index (χ0v) is 7.58. The number of likely N-dealkylation sites (tertiary alicyclic amines) is 1. The third-order valence-electron chi connectivity index (χ3n) is 1.97. The average molecular weight is 170 g/mol. The number of carbonyl (C=O) groups is 1.